The predicted molar refractivity (Wildman–Crippen MR) is 239 cm³/mol. The van der Waals surface area contributed by atoms with Crippen LogP contribution in [0.5, 0.6) is 0 Å². The number of aromatic amines is 1. The second kappa shape index (κ2) is 20.0. The van der Waals surface area contributed by atoms with Crippen molar-refractivity contribution < 1.29 is 33.4 Å². The van der Waals surface area contributed by atoms with E-state index in [-0.39, 0.29) is 42.1 Å². The molecule has 0 radical (unpaired) electrons. The molecule has 0 spiro atoms. The van der Waals surface area contributed by atoms with Gasteiger partial charge in [0.1, 0.15) is 17.9 Å². The second-order valence-electron chi connectivity index (χ2n) is 16.6. The molecule has 330 valence electrons. The lowest BCUT2D eigenvalue weighted by Gasteiger charge is -2.31. The minimum atomic E-state index is -0.849. The zero-order valence-corrected chi connectivity index (χ0v) is 36.5. The van der Waals surface area contributed by atoms with Gasteiger partial charge in [-0.3, -0.25) is 19.4 Å². The Bertz CT molecular complexity index is 2350. The molecule has 0 aliphatic carbocycles. The summed E-state index contributed by atoms with van der Waals surface area (Å²) in [4.78, 5) is 80.0. The summed E-state index contributed by atoms with van der Waals surface area (Å²) in [5.74, 6) is 0.153. The SMILES string of the molecule is COC(=O)N[C@@H](Cc1ccc(CNC(C)=O)cc1)C(=O)N1CCC[C@H]1c1ncc(-c2ccc(-c3ccc(C4=CN=C([C@@H]5CCCN5C(=O)[C@@H](NC(=O)OC)C(C)C)C4)cc3)cc2)[nH]1. The first-order valence-electron chi connectivity index (χ1n) is 21.6. The zero-order valence-electron chi connectivity index (χ0n) is 36.5. The first-order chi connectivity index (χ1) is 30.4. The maximum Gasteiger partial charge on any atom is 0.407 e. The molecule has 15 heteroatoms. The Morgan fingerprint density at radius 3 is 1.94 bits per heavy atom. The number of imidazole rings is 1. The Labute approximate surface area is 367 Å². The molecule has 4 N–H and O–H groups in total. The van der Waals surface area contributed by atoms with E-state index in [0.29, 0.717) is 31.9 Å². The number of aromatic nitrogens is 2. The van der Waals surface area contributed by atoms with Crippen LogP contribution in [0.1, 0.15) is 81.4 Å². The highest BCUT2D eigenvalue weighted by atomic mass is 16.5. The largest absolute Gasteiger partial charge is 0.453 e. The molecule has 3 aromatic carbocycles. The molecular weight excluding hydrogens is 801 g/mol. The number of likely N-dealkylation sites (tertiary alicyclic amines) is 2. The Hall–Kier alpha value is -6.77. The molecule has 3 aliphatic rings. The summed E-state index contributed by atoms with van der Waals surface area (Å²) in [7, 11) is 2.57. The van der Waals surface area contributed by atoms with Crippen LogP contribution in [0.3, 0.4) is 0 Å². The van der Waals surface area contributed by atoms with Gasteiger partial charge in [0.15, 0.2) is 0 Å². The van der Waals surface area contributed by atoms with Crippen molar-refractivity contribution in [2.75, 3.05) is 27.3 Å². The highest BCUT2D eigenvalue weighted by molar-refractivity contribution is 6.04. The number of amides is 5. The Kier molecular flexibility index (Phi) is 14.0. The van der Waals surface area contributed by atoms with Gasteiger partial charge in [0, 0.05) is 51.3 Å². The standard InChI is InChI=1S/C48H56N8O7/c1-29(2)43(54-48(61)63-5)46(59)55-22-6-8-41(55)38-25-37(27-50-38)35-16-14-33(15-17-35)34-18-20-36(21-19-34)40-28-51-44(52-40)42-9-7-23-56(42)45(58)39(53-47(60)62-4)24-31-10-12-32(13-11-31)26-49-30(3)57/h10-21,27-29,39,41-43H,6-9,22-26H2,1-5H3,(H,49,57)(H,51,52)(H,53,60)(H,54,61)/t39-,41-,42-,43-/m0/s1. The molecule has 2 fully saturated rings. The molecule has 4 aromatic rings. The van der Waals surface area contributed by atoms with E-state index in [4.69, 9.17) is 19.5 Å². The predicted octanol–water partition coefficient (Wildman–Crippen LogP) is 6.57. The quantitative estimate of drug-likeness (QED) is 0.110. The Balaban J connectivity index is 0.965. The van der Waals surface area contributed by atoms with Crippen LogP contribution >= 0.6 is 0 Å². The number of alkyl carbamates (subject to hydrolysis) is 2. The van der Waals surface area contributed by atoms with Crippen molar-refractivity contribution in [1.82, 2.24) is 35.7 Å². The maximum atomic E-state index is 14.1. The average molecular weight is 857 g/mol. The van der Waals surface area contributed by atoms with Gasteiger partial charge in [-0.15, -0.1) is 0 Å². The molecule has 7 rings (SSSR count). The zero-order chi connectivity index (χ0) is 44.6. The van der Waals surface area contributed by atoms with Gasteiger partial charge in [0.2, 0.25) is 17.7 Å². The summed E-state index contributed by atoms with van der Waals surface area (Å²) in [6, 6.07) is 22.3. The molecule has 0 unspecified atom stereocenters. The molecule has 0 bridgehead atoms. The number of allylic oxidation sites excluding steroid dienone is 1. The van der Waals surface area contributed by atoms with Gasteiger partial charge in [-0.1, -0.05) is 86.6 Å². The van der Waals surface area contributed by atoms with Crippen molar-refractivity contribution in [3.63, 3.8) is 0 Å². The van der Waals surface area contributed by atoms with Crippen LogP contribution in [0.2, 0.25) is 0 Å². The normalized spacial score (nSPS) is 18.1. The number of hydrogen-bond donors (Lipinski definition) is 4. The highest BCUT2D eigenvalue weighted by Gasteiger charge is 2.39. The number of methoxy groups -OCH3 is 2. The molecule has 3 aliphatic heterocycles. The van der Waals surface area contributed by atoms with Crippen LogP contribution in [0, 0.1) is 5.92 Å². The summed E-state index contributed by atoms with van der Waals surface area (Å²) in [5, 5.41) is 8.23. The fraction of sp³-hybridized carbons (Fsp3) is 0.396. The van der Waals surface area contributed by atoms with Crippen LogP contribution in [0.15, 0.2) is 90.2 Å². The summed E-state index contributed by atoms with van der Waals surface area (Å²) in [5.41, 5.74) is 8.83. The Morgan fingerprint density at radius 1 is 0.746 bits per heavy atom. The van der Waals surface area contributed by atoms with Crippen LogP contribution in [-0.2, 0) is 36.8 Å². The number of carbonyl (C=O) groups is 5. The molecule has 1 aromatic heterocycles. The van der Waals surface area contributed by atoms with Crippen LogP contribution in [0.4, 0.5) is 9.59 Å². The minimum Gasteiger partial charge on any atom is -0.453 e. The van der Waals surface area contributed by atoms with Gasteiger partial charge in [-0.2, -0.15) is 0 Å². The van der Waals surface area contributed by atoms with E-state index >= 15 is 0 Å². The molecule has 0 saturated carbocycles. The lowest BCUT2D eigenvalue weighted by Crippen LogP contribution is -2.53. The third kappa shape index (κ3) is 10.5. The number of aliphatic imine (C=N–C) groups is 1. The van der Waals surface area contributed by atoms with E-state index in [1.54, 1.807) is 11.1 Å². The van der Waals surface area contributed by atoms with E-state index in [1.807, 2.05) is 49.2 Å². The van der Waals surface area contributed by atoms with Crippen LogP contribution in [0.25, 0.3) is 28.0 Å². The number of carbonyl (C=O) groups excluding carboxylic acids is 5. The van der Waals surface area contributed by atoms with Crippen LogP contribution < -0.4 is 16.0 Å². The Morgan fingerprint density at radius 2 is 1.32 bits per heavy atom. The van der Waals surface area contributed by atoms with E-state index in [2.05, 4.69) is 69.5 Å². The molecule has 63 heavy (non-hydrogen) atoms. The molecule has 5 amide bonds. The van der Waals surface area contributed by atoms with Gasteiger partial charge < -0.3 is 40.2 Å². The lowest BCUT2D eigenvalue weighted by molar-refractivity contribution is -0.135. The fourth-order valence-electron chi connectivity index (χ4n) is 8.63. The van der Waals surface area contributed by atoms with Crippen molar-refractivity contribution in [1.29, 1.82) is 0 Å². The van der Waals surface area contributed by atoms with Gasteiger partial charge >= 0.3 is 12.2 Å². The van der Waals surface area contributed by atoms with Crippen molar-refractivity contribution >= 4 is 41.2 Å². The maximum absolute atomic E-state index is 14.1. The number of benzene rings is 3. The van der Waals surface area contributed by atoms with Gasteiger partial charge in [0.25, 0.3) is 0 Å². The van der Waals surface area contributed by atoms with Gasteiger partial charge in [-0.05, 0) is 70.6 Å². The average Bonchev–Trinajstić information content (AvgIpc) is 4.14. The van der Waals surface area contributed by atoms with Crippen molar-refractivity contribution in [3.05, 3.63) is 108 Å². The number of hydrogen-bond acceptors (Lipinski definition) is 9. The fourth-order valence-corrected chi connectivity index (χ4v) is 8.63. The van der Waals surface area contributed by atoms with E-state index < -0.39 is 24.3 Å². The summed E-state index contributed by atoms with van der Waals surface area (Å²) in [6.45, 7) is 6.85. The summed E-state index contributed by atoms with van der Waals surface area (Å²) in [6.07, 6.45) is 6.56. The first-order valence-corrected chi connectivity index (χ1v) is 21.6. The van der Waals surface area contributed by atoms with Gasteiger partial charge in [0.05, 0.1) is 38.2 Å². The third-order valence-electron chi connectivity index (χ3n) is 12.1. The topological polar surface area (TPSA) is 187 Å². The van der Waals surface area contributed by atoms with E-state index in [1.165, 1.54) is 21.1 Å². The molecule has 2 saturated heterocycles. The number of H-pyrrole nitrogens is 1. The van der Waals surface area contributed by atoms with E-state index in [9.17, 15) is 24.0 Å². The molecule has 15 nitrogen and oxygen atoms in total. The van der Waals surface area contributed by atoms with Crippen molar-refractivity contribution in [3.8, 4) is 22.4 Å². The summed E-state index contributed by atoms with van der Waals surface area (Å²) >= 11 is 0. The molecular formula is C48H56N8O7. The van der Waals surface area contributed by atoms with Crippen molar-refractivity contribution in [2.45, 2.75) is 90.0 Å². The highest BCUT2D eigenvalue weighted by Crippen LogP contribution is 2.34. The number of rotatable bonds is 14. The second-order valence-corrected chi connectivity index (χ2v) is 16.6. The van der Waals surface area contributed by atoms with Crippen LogP contribution in [-0.4, -0.2) is 101 Å². The number of nitrogens with zero attached hydrogens (tertiary/aromatic N) is 4. The van der Waals surface area contributed by atoms with Gasteiger partial charge in [-0.25, -0.2) is 14.6 Å². The minimum absolute atomic E-state index is 0.0947. The summed E-state index contributed by atoms with van der Waals surface area (Å²) < 4.78 is 9.65. The van der Waals surface area contributed by atoms with E-state index in [0.717, 1.165) is 76.0 Å². The monoisotopic (exact) mass is 856 g/mol. The lowest BCUT2D eigenvalue weighted by atomic mass is 9.95. The smallest absolute Gasteiger partial charge is 0.407 e. The first kappa shape index (κ1) is 44.3. The third-order valence-corrected chi connectivity index (χ3v) is 12.1. The molecule has 4 atom stereocenters. The van der Waals surface area contributed by atoms with Crippen molar-refractivity contribution in [2.24, 2.45) is 10.9 Å². The molecule has 4 heterocycles. The number of ether oxygens (including phenoxy) is 2. The number of nitrogens with one attached hydrogen (secondary N) is 4.